The number of amides is 1. The number of nitrogens with zero attached hydrogens (tertiary/aromatic N) is 1. The first-order chi connectivity index (χ1) is 8.30. The Morgan fingerprint density at radius 3 is 2.50 bits per heavy atom. The Balaban J connectivity index is 1.90. The molecule has 1 heterocycles. The van der Waals surface area contributed by atoms with Gasteiger partial charge in [-0.3, -0.25) is 4.79 Å². The lowest BCUT2D eigenvalue weighted by Crippen LogP contribution is -2.27. The van der Waals surface area contributed by atoms with E-state index in [4.69, 9.17) is 5.73 Å². The Kier molecular flexibility index (Phi) is 3.23. The normalized spacial score (nSPS) is 20.7. The molecular weight excluding hydrogens is 246 g/mol. The Labute approximate surface area is 112 Å². The van der Waals surface area contributed by atoms with Gasteiger partial charge in [-0.05, 0) is 16.7 Å². The number of hydrogen-bond donors (Lipinski definition) is 2. The first kappa shape index (κ1) is 13.5. The minimum absolute atomic E-state index is 0.0931. The van der Waals surface area contributed by atoms with Crippen LogP contribution in [0.25, 0.3) is 0 Å². The predicted molar refractivity (Wildman–Crippen MR) is 73.4 cm³/mol. The highest BCUT2D eigenvalue weighted by Crippen LogP contribution is 2.67. The molecule has 0 radical (unpaired) electrons. The second-order valence-electron chi connectivity index (χ2n) is 6.04. The third kappa shape index (κ3) is 2.06. The SMILES string of the molecule is CC1(C)C(CNC(=O)c2csc(CN)n2)C1(C)C. The highest BCUT2D eigenvalue weighted by atomic mass is 32.1. The van der Waals surface area contributed by atoms with E-state index in [-0.39, 0.29) is 5.91 Å². The van der Waals surface area contributed by atoms with Gasteiger partial charge in [-0.15, -0.1) is 11.3 Å². The molecule has 4 nitrogen and oxygen atoms in total. The van der Waals surface area contributed by atoms with Crippen LogP contribution in [0, 0.1) is 16.7 Å². The van der Waals surface area contributed by atoms with E-state index >= 15 is 0 Å². The smallest absolute Gasteiger partial charge is 0.270 e. The van der Waals surface area contributed by atoms with Crippen LogP contribution in [0.2, 0.25) is 0 Å². The average Bonchev–Trinajstić information content (AvgIpc) is 2.71. The van der Waals surface area contributed by atoms with E-state index in [0.717, 1.165) is 5.01 Å². The van der Waals surface area contributed by atoms with Gasteiger partial charge in [0, 0.05) is 18.5 Å². The number of rotatable bonds is 4. The van der Waals surface area contributed by atoms with Crippen molar-refractivity contribution in [2.24, 2.45) is 22.5 Å². The Bertz CT molecular complexity index is 451. The zero-order chi connectivity index (χ0) is 13.6. The topological polar surface area (TPSA) is 68.0 Å². The summed E-state index contributed by atoms with van der Waals surface area (Å²) in [6.45, 7) is 10.1. The van der Waals surface area contributed by atoms with Crippen molar-refractivity contribution in [3.63, 3.8) is 0 Å². The summed E-state index contributed by atoms with van der Waals surface area (Å²) in [5.74, 6) is 0.436. The molecule has 1 aromatic heterocycles. The van der Waals surface area contributed by atoms with Gasteiger partial charge in [-0.2, -0.15) is 0 Å². The van der Waals surface area contributed by atoms with Crippen LogP contribution >= 0.6 is 11.3 Å². The fourth-order valence-corrected chi connectivity index (χ4v) is 3.29. The van der Waals surface area contributed by atoms with Gasteiger partial charge in [0.15, 0.2) is 0 Å². The standard InChI is InChI=1S/C13H21N3OS/c1-12(2)9(13(12,3)4)6-15-11(17)8-7-18-10(5-14)16-8/h7,9H,5-6,14H2,1-4H3,(H,15,17). The summed E-state index contributed by atoms with van der Waals surface area (Å²) in [6, 6.07) is 0. The summed E-state index contributed by atoms with van der Waals surface area (Å²) in [5, 5.41) is 5.54. The van der Waals surface area contributed by atoms with Crippen molar-refractivity contribution < 1.29 is 4.79 Å². The van der Waals surface area contributed by atoms with E-state index in [1.807, 2.05) is 0 Å². The third-order valence-electron chi connectivity index (χ3n) is 4.75. The molecule has 1 aliphatic rings. The van der Waals surface area contributed by atoms with E-state index in [9.17, 15) is 4.79 Å². The second-order valence-corrected chi connectivity index (χ2v) is 6.98. The lowest BCUT2D eigenvalue weighted by Gasteiger charge is -2.04. The van der Waals surface area contributed by atoms with Crippen LogP contribution in [-0.4, -0.2) is 17.4 Å². The average molecular weight is 267 g/mol. The molecule has 0 aromatic carbocycles. The molecule has 0 saturated heterocycles. The fourth-order valence-electron chi connectivity index (χ4n) is 2.64. The number of nitrogens with two attached hydrogens (primary N) is 1. The van der Waals surface area contributed by atoms with E-state index in [2.05, 4.69) is 38.0 Å². The summed E-state index contributed by atoms with van der Waals surface area (Å²) in [6.07, 6.45) is 0. The summed E-state index contributed by atoms with van der Waals surface area (Å²) in [4.78, 5) is 16.1. The molecule has 2 rings (SSSR count). The van der Waals surface area contributed by atoms with Gasteiger partial charge in [0.05, 0.1) is 0 Å². The fraction of sp³-hybridized carbons (Fsp3) is 0.692. The van der Waals surface area contributed by atoms with Gasteiger partial charge < -0.3 is 11.1 Å². The van der Waals surface area contributed by atoms with Crippen molar-refractivity contribution in [3.8, 4) is 0 Å². The van der Waals surface area contributed by atoms with Gasteiger partial charge in [0.2, 0.25) is 0 Å². The van der Waals surface area contributed by atoms with Crippen molar-refractivity contribution in [2.45, 2.75) is 34.2 Å². The Hall–Kier alpha value is -0.940. The quantitative estimate of drug-likeness (QED) is 0.877. The summed E-state index contributed by atoms with van der Waals surface area (Å²) < 4.78 is 0. The summed E-state index contributed by atoms with van der Waals surface area (Å²) >= 11 is 1.43. The van der Waals surface area contributed by atoms with Gasteiger partial charge in [0.1, 0.15) is 10.7 Å². The van der Waals surface area contributed by atoms with Crippen LogP contribution < -0.4 is 11.1 Å². The molecule has 3 N–H and O–H groups in total. The molecule has 0 unspecified atom stereocenters. The molecule has 0 bridgehead atoms. The van der Waals surface area contributed by atoms with E-state index in [0.29, 0.717) is 35.5 Å². The molecule has 0 atom stereocenters. The minimum atomic E-state index is -0.0931. The molecule has 1 saturated carbocycles. The van der Waals surface area contributed by atoms with Crippen LogP contribution in [-0.2, 0) is 6.54 Å². The Morgan fingerprint density at radius 2 is 2.06 bits per heavy atom. The monoisotopic (exact) mass is 267 g/mol. The van der Waals surface area contributed by atoms with Gasteiger partial charge in [-0.25, -0.2) is 4.98 Å². The largest absolute Gasteiger partial charge is 0.350 e. The molecule has 1 amide bonds. The van der Waals surface area contributed by atoms with Crippen molar-refractivity contribution in [2.75, 3.05) is 6.54 Å². The molecule has 1 aromatic rings. The Morgan fingerprint density at radius 1 is 1.44 bits per heavy atom. The maximum Gasteiger partial charge on any atom is 0.270 e. The van der Waals surface area contributed by atoms with E-state index in [1.54, 1.807) is 5.38 Å². The van der Waals surface area contributed by atoms with Crippen molar-refractivity contribution in [1.29, 1.82) is 0 Å². The number of aromatic nitrogens is 1. The van der Waals surface area contributed by atoms with Crippen LogP contribution in [0.1, 0.15) is 43.2 Å². The van der Waals surface area contributed by atoms with E-state index < -0.39 is 0 Å². The number of hydrogen-bond acceptors (Lipinski definition) is 4. The molecule has 5 heteroatoms. The number of thiazole rings is 1. The number of nitrogens with one attached hydrogen (secondary N) is 1. The van der Waals surface area contributed by atoms with Crippen molar-refractivity contribution in [1.82, 2.24) is 10.3 Å². The first-order valence-corrected chi connectivity index (χ1v) is 7.11. The second kappa shape index (κ2) is 4.31. The van der Waals surface area contributed by atoms with Gasteiger partial charge in [0.25, 0.3) is 5.91 Å². The number of carbonyl (C=O) groups excluding carboxylic acids is 1. The van der Waals surface area contributed by atoms with Crippen LogP contribution in [0.3, 0.4) is 0 Å². The van der Waals surface area contributed by atoms with Crippen LogP contribution in [0.5, 0.6) is 0 Å². The zero-order valence-electron chi connectivity index (χ0n) is 11.4. The third-order valence-corrected chi connectivity index (χ3v) is 5.62. The first-order valence-electron chi connectivity index (χ1n) is 6.23. The van der Waals surface area contributed by atoms with E-state index in [1.165, 1.54) is 11.3 Å². The van der Waals surface area contributed by atoms with Crippen molar-refractivity contribution >= 4 is 17.2 Å². The molecule has 0 aliphatic heterocycles. The highest BCUT2D eigenvalue weighted by Gasteiger charge is 2.64. The molecule has 1 fully saturated rings. The molecule has 18 heavy (non-hydrogen) atoms. The lowest BCUT2D eigenvalue weighted by molar-refractivity contribution is 0.0945. The van der Waals surface area contributed by atoms with Gasteiger partial charge >= 0.3 is 0 Å². The van der Waals surface area contributed by atoms with Gasteiger partial charge in [-0.1, -0.05) is 27.7 Å². The zero-order valence-corrected chi connectivity index (χ0v) is 12.2. The molecular formula is C13H21N3OS. The minimum Gasteiger partial charge on any atom is -0.350 e. The summed E-state index contributed by atoms with van der Waals surface area (Å²) in [7, 11) is 0. The van der Waals surface area contributed by atoms with Crippen LogP contribution in [0.4, 0.5) is 0 Å². The molecule has 1 aliphatic carbocycles. The maximum absolute atomic E-state index is 11.9. The molecule has 100 valence electrons. The highest BCUT2D eigenvalue weighted by molar-refractivity contribution is 7.09. The molecule has 0 spiro atoms. The predicted octanol–water partition coefficient (Wildman–Crippen LogP) is 2.01. The maximum atomic E-state index is 11.9. The summed E-state index contributed by atoms with van der Waals surface area (Å²) in [5.41, 5.74) is 6.56. The number of carbonyl (C=O) groups is 1. The van der Waals surface area contributed by atoms with Crippen LogP contribution in [0.15, 0.2) is 5.38 Å². The van der Waals surface area contributed by atoms with Crippen molar-refractivity contribution in [3.05, 3.63) is 16.1 Å². The lowest BCUT2D eigenvalue weighted by atomic mass is 10.0.